The Morgan fingerprint density at radius 3 is 2.48 bits per heavy atom. The van der Waals surface area contributed by atoms with E-state index in [0.717, 1.165) is 17.2 Å². The van der Waals surface area contributed by atoms with Crippen molar-refractivity contribution in [3.8, 4) is 11.1 Å². The first-order valence-electron chi connectivity index (χ1n) is 8.54. The lowest BCUT2D eigenvalue weighted by molar-refractivity contribution is -0.153. The molecule has 0 aliphatic heterocycles. The predicted octanol–water partition coefficient (Wildman–Crippen LogP) is 5.51. The molecule has 0 aliphatic rings. The number of benzene rings is 2. The van der Waals surface area contributed by atoms with Crippen LogP contribution in [0.1, 0.15) is 27.4 Å². The molecule has 0 unspecified atom stereocenters. The highest BCUT2D eigenvalue weighted by molar-refractivity contribution is 6.07. The number of hydrogen-bond acceptors (Lipinski definition) is 4. The van der Waals surface area contributed by atoms with Crippen molar-refractivity contribution < 1.29 is 27.2 Å². The highest BCUT2D eigenvalue weighted by Gasteiger charge is 2.40. The van der Waals surface area contributed by atoms with Crippen LogP contribution in [0.3, 0.4) is 0 Å². The van der Waals surface area contributed by atoms with E-state index in [4.69, 9.17) is 0 Å². The highest BCUT2D eigenvalue weighted by Crippen LogP contribution is 2.35. The summed E-state index contributed by atoms with van der Waals surface area (Å²) in [4.78, 5) is 17.2. The van der Waals surface area contributed by atoms with Gasteiger partial charge in [-0.25, -0.2) is 0 Å². The molecule has 1 N–H and O–H groups in total. The highest BCUT2D eigenvalue weighted by atomic mass is 19.4. The van der Waals surface area contributed by atoms with E-state index in [1.165, 1.54) is 20.2 Å². The lowest BCUT2D eigenvalue weighted by Gasteiger charge is -2.12. The van der Waals surface area contributed by atoms with Crippen LogP contribution in [0.25, 0.3) is 11.1 Å². The van der Waals surface area contributed by atoms with Crippen molar-refractivity contribution in [2.75, 3.05) is 12.4 Å². The summed E-state index contributed by atoms with van der Waals surface area (Å²) in [6.07, 6.45) is -3.22. The van der Waals surface area contributed by atoms with E-state index in [2.05, 4.69) is 19.7 Å². The number of anilines is 1. The van der Waals surface area contributed by atoms with Gasteiger partial charge in [-0.3, -0.25) is 4.79 Å². The van der Waals surface area contributed by atoms with Crippen molar-refractivity contribution in [1.82, 2.24) is 0 Å². The Hall–Kier alpha value is -3.55. The summed E-state index contributed by atoms with van der Waals surface area (Å²) in [6.45, 7) is 1.36. The standard InChI is InChI=1S/C21H17F3N2O3/c1-13-11-17(19(29-13)21(22,23)24)20(27)26-18-6-4-3-5-16(18)15-9-7-14(8-10-15)12-25-28-2/h3-12H,1-2H3,(H,26,27). The topological polar surface area (TPSA) is 63.8 Å². The molecule has 3 aromatic rings. The van der Waals surface area contributed by atoms with Gasteiger partial charge in [-0.05, 0) is 30.2 Å². The van der Waals surface area contributed by atoms with Crippen LogP contribution in [0.5, 0.6) is 0 Å². The van der Waals surface area contributed by atoms with Gasteiger partial charge in [0.25, 0.3) is 5.91 Å². The maximum Gasteiger partial charge on any atom is 0.450 e. The number of carbonyl (C=O) groups is 1. The lowest BCUT2D eigenvalue weighted by Crippen LogP contribution is -2.17. The fourth-order valence-electron chi connectivity index (χ4n) is 2.79. The molecule has 0 aliphatic carbocycles. The molecule has 1 aromatic heterocycles. The van der Waals surface area contributed by atoms with Crippen LogP contribution in [-0.4, -0.2) is 19.2 Å². The molecule has 0 bridgehead atoms. The molecule has 5 nitrogen and oxygen atoms in total. The van der Waals surface area contributed by atoms with Crippen LogP contribution >= 0.6 is 0 Å². The molecule has 1 amide bonds. The summed E-state index contributed by atoms with van der Waals surface area (Å²) in [6, 6.07) is 15.1. The minimum absolute atomic E-state index is 0.00377. The van der Waals surface area contributed by atoms with Gasteiger partial charge in [0.05, 0.1) is 11.8 Å². The Morgan fingerprint density at radius 1 is 1.14 bits per heavy atom. The van der Waals surface area contributed by atoms with Gasteiger partial charge in [0.1, 0.15) is 12.9 Å². The van der Waals surface area contributed by atoms with Gasteiger partial charge in [-0.15, -0.1) is 0 Å². The first-order valence-corrected chi connectivity index (χ1v) is 8.54. The Balaban J connectivity index is 1.91. The largest absolute Gasteiger partial charge is 0.456 e. The molecule has 0 spiro atoms. The first-order chi connectivity index (χ1) is 13.8. The number of para-hydroxylation sites is 1. The van der Waals surface area contributed by atoms with E-state index in [9.17, 15) is 18.0 Å². The first kappa shape index (κ1) is 20.2. The number of nitrogens with zero attached hydrogens (tertiary/aromatic N) is 1. The average molecular weight is 402 g/mol. The van der Waals surface area contributed by atoms with Crippen LogP contribution in [0.15, 0.2) is 64.2 Å². The molecule has 0 fully saturated rings. The molecule has 8 heteroatoms. The zero-order valence-corrected chi connectivity index (χ0v) is 15.6. The number of aryl methyl sites for hydroxylation is 1. The number of hydrogen-bond donors (Lipinski definition) is 1. The second-order valence-electron chi connectivity index (χ2n) is 6.14. The maximum absolute atomic E-state index is 13.1. The zero-order chi connectivity index (χ0) is 21.0. The predicted molar refractivity (Wildman–Crippen MR) is 103 cm³/mol. The molecule has 150 valence electrons. The van der Waals surface area contributed by atoms with Crippen LogP contribution in [0.4, 0.5) is 18.9 Å². The third-order valence-electron chi connectivity index (χ3n) is 4.06. The minimum Gasteiger partial charge on any atom is -0.456 e. The molecule has 1 heterocycles. The van der Waals surface area contributed by atoms with Crippen molar-refractivity contribution in [2.45, 2.75) is 13.1 Å². The van der Waals surface area contributed by atoms with E-state index < -0.39 is 23.4 Å². The second kappa shape index (κ2) is 8.22. The monoisotopic (exact) mass is 402 g/mol. The minimum atomic E-state index is -4.76. The third-order valence-corrected chi connectivity index (χ3v) is 4.06. The molecule has 0 saturated carbocycles. The fourth-order valence-corrected chi connectivity index (χ4v) is 2.79. The summed E-state index contributed by atoms with van der Waals surface area (Å²) in [5.74, 6) is -2.21. The number of amides is 1. The molecular formula is C21H17F3N2O3. The Morgan fingerprint density at radius 2 is 1.83 bits per heavy atom. The van der Waals surface area contributed by atoms with Crippen LogP contribution in [0, 0.1) is 6.92 Å². The Bertz CT molecular complexity index is 1040. The van der Waals surface area contributed by atoms with Gasteiger partial charge >= 0.3 is 6.18 Å². The Kier molecular flexibility index (Phi) is 5.72. The normalized spacial score (nSPS) is 11.6. The molecule has 0 atom stereocenters. The molecule has 3 rings (SSSR count). The molecule has 0 saturated heterocycles. The Labute approximate surface area is 164 Å². The van der Waals surface area contributed by atoms with Gasteiger partial charge in [0.2, 0.25) is 5.76 Å². The van der Waals surface area contributed by atoms with E-state index in [0.29, 0.717) is 11.3 Å². The lowest BCUT2D eigenvalue weighted by atomic mass is 10.0. The number of halogens is 3. The summed E-state index contributed by atoms with van der Waals surface area (Å²) < 4.78 is 44.1. The van der Waals surface area contributed by atoms with Gasteiger partial charge in [-0.1, -0.05) is 47.6 Å². The second-order valence-corrected chi connectivity index (χ2v) is 6.14. The molecule has 0 radical (unpaired) electrons. The van der Waals surface area contributed by atoms with Crippen LogP contribution in [0.2, 0.25) is 0 Å². The third kappa shape index (κ3) is 4.66. The van der Waals surface area contributed by atoms with Gasteiger partial charge in [0.15, 0.2) is 0 Å². The summed E-state index contributed by atoms with van der Waals surface area (Å²) in [5.41, 5.74) is 2.05. The fraction of sp³-hybridized carbons (Fsp3) is 0.143. The number of rotatable bonds is 5. The number of furan rings is 1. The average Bonchev–Trinajstić information content (AvgIpc) is 3.10. The molecular weight excluding hydrogens is 385 g/mol. The number of nitrogens with one attached hydrogen (secondary N) is 1. The zero-order valence-electron chi connectivity index (χ0n) is 15.6. The quantitative estimate of drug-likeness (QED) is 0.452. The van der Waals surface area contributed by atoms with Crippen molar-refractivity contribution in [3.63, 3.8) is 0 Å². The summed E-state index contributed by atoms with van der Waals surface area (Å²) in [5, 5.41) is 6.24. The van der Waals surface area contributed by atoms with Crippen molar-refractivity contribution >= 4 is 17.8 Å². The van der Waals surface area contributed by atoms with E-state index in [-0.39, 0.29) is 5.76 Å². The maximum atomic E-state index is 13.1. The number of alkyl halides is 3. The van der Waals surface area contributed by atoms with Gasteiger partial charge < -0.3 is 14.6 Å². The van der Waals surface area contributed by atoms with E-state index in [1.54, 1.807) is 36.4 Å². The molecule has 2 aromatic carbocycles. The summed E-state index contributed by atoms with van der Waals surface area (Å²) >= 11 is 0. The van der Waals surface area contributed by atoms with Crippen molar-refractivity contribution in [3.05, 3.63) is 77.2 Å². The van der Waals surface area contributed by atoms with E-state index in [1.807, 2.05) is 12.1 Å². The van der Waals surface area contributed by atoms with Gasteiger partial charge in [-0.2, -0.15) is 13.2 Å². The van der Waals surface area contributed by atoms with Crippen molar-refractivity contribution in [1.29, 1.82) is 0 Å². The number of carbonyl (C=O) groups excluding carboxylic acids is 1. The van der Waals surface area contributed by atoms with Crippen LogP contribution < -0.4 is 5.32 Å². The van der Waals surface area contributed by atoms with Gasteiger partial charge in [0, 0.05) is 11.3 Å². The van der Waals surface area contributed by atoms with Crippen LogP contribution in [-0.2, 0) is 11.0 Å². The SMILES string of the molecule is CON=Cc1ccc(-c2ccccc2NC(=O)c2cc(C)oc2C(F)(F)F)cc1. The van der Waals surface area contributed by atoms with E-state index >= 15 is 0 Å². The summed E-state index contributed by atoms with van der Waals surface area (Å²) in [7, 11) is 1.44. The van der Waals surface area contributed by atoms with Crippen molar-refractivity contribution in [2.24, 2.45) is 5.16 Å². The smallest absolute Gasteiger partial charge is 0.450 e. The number of oxime groups is 1. The molecule has 29 heavy (non-hydrogen) atoms.